The lowest BCUT2D eigenvalue weighted by Gasteiger charge is -2.14. The first-order valence-corrected chi connectivity index (χ1v) is 6.47. The van der Waals surface area contributed by atoms with Gasteiger partial charge in [0.15, 0.2) is 5.88 Å². The van der Waals surface area contributed by atoms with E-state index >= 15 is 0 Å². The van der Waals surface area contributed by atoms with Gasteiger partial charge in [-0.3, -0.25) is 4.79 Å². The van der Waals surface area contributed by atoms with Gasteiger partial charge >= 0.3 is 0 Å². The van der Waals surface area contributed by atoms with Gasteiger partial charge in [0.1, 0.15) is 0 Å². The van der Waals surface area contributed by atoms with E-state index < -0.39 is 0 Å². The molecule has 0 fully saturated rings. The minimum atomic E-state index is -0.132. The molecule has 0 spiro atoms. The average molecular weight is 257 g/mol. The van der Waals surface area contributed by atoms with Crippen LogP contribution >= 0.6 is 0 Å². The standard InChI is InChI=1S/C16H19NO2/c1-5-13-11(3)9-15(18)17(16(13)19)14-7-6-10(2)8-12(14)4/h6-9,18H,5H2,1-4H3. The highest BCUT2D eigenvalue weighted by molar-refractivity contribution is 5.46. The molecule has 3 nitrogen and oxygen atoms in total. The van der Waals surface area contributed by atoms with Crippen LogP contribution in [0.15, 0.2) is 29.1 Å². The Morgan fingerprint density at radius 2 is 1.79 bits per heavy atom. The maximum absolute atomic E-state index is 12.5. The van der Waals surface area contributed by atoms with E-state index in [1.807, 2.05) is 45.9 Å². The van der Waals surface area contributed by atoms with Crippen LogP contribution in [0.1, 0.15) is 29.2 Å². The van der Waals surface area contributed by atoms with Gasteiger partial charge in [-0.25, -0.2) is 4.57 Å². The van der Waals surface area contributed by atoms with Crippen LogP contribution in [0, 0.1) is 20.8 Å². The maximum atomic E-state index is 12.5. The molecule has 0 saturated carbocycles. The van der Waals surface area contributed by atoms with Crippen LogP contribution in [0.2, 0.25) is 0 Å². The van der Waals surface area contributed by atoms with Crippen LogP contribution < -0.4 is 5.56 Å². The molecule has 0 aliphatic carbocycles. The van der Waals surface area contributed by atoms with Gasteiger partial charge in [-0.1, -0.05) is 24.6 Å². The Morgan fingerprint density at radius 3 is 2.37 bits per heavy atom. The number of rotatable bonds is 2. The summed E-state index contributed by atoms with van der Waals surface area (Å²) in [6.07, 6.45) is 0.663. The van der Waals surface area contributed by atoms with E-state index in [0.717, 1.165) is 27.9 Å². The molecule has 1 aromatic heterocycles. The molecule has 3 heteroatoms. The summed E-state index contributed by atoms with van der Waals surface area (Å²) in [6, 6.07) is 7.48. The van der Waals surface area contributed by atoms with Gasteiger partial charge in [0.25, 0.3) is 5.56 Å². The predicted molar refractivity (Wildman–Crippen MR) is 77.3 cm³/mol. The molecule has 0 atom stereocenters. The minimum absolute atomic E-state index is 0.00773. The van der Waals surface area contributed by atoms with Gasteiger partial charge in [0.05, 0.1) is 5.69 Å². The second-order valence-corrected chi connectivity index (χ2v) is 4.95. The van der Waals surface area contributed by atoms with Crippen LogP contribution in [-0.4, -0.2) is 9.67 Å². The second-order valence-electron chi connectivity index (χ2n) is 4.95. The summed E-state index contributed by atoms with van der Waals surface area (Å²) in [4.78, 5) is 12.5. The topological polar surface area (TPSA) is 42.2 Å². The van der Waals surface area contributed by atoms with Crippen LogP contribution in [-0.2, 0) is 6.42 Å². The van der Waals surface area contributed by atoms with Crippen molar-refractivity contribution in [2.75, 3.05) is 0 Å². The van der Waals surface area contributed by atoms with Crippen molar-refractivity contribution in [2.24, 2.45) is 0 Å². The largest absolute Gasteiger partial charge is 0.494 e. The van der Waals surface area contributed by atoms with Crippen LogP contribution in [0.3, 0.4) is 0 Å². The van der Waals surface area contributed by atoms with E-state index in [-0.39, 0.29) is 11.4 Å². The van der Waals surface area contributed by atoms with Gasteiger partial charge < -0.3 is 5.11 Å². The number of hydrogen-bond acceptors (Lipinski definition) is 2. The summed E-state index contributed by atoms with van der Waals surface area (Å²) in [5, 5.41) is 10.1. The molecule has 1 heterocycles. The molecule has 0 aliphatic heterocycles. The molecule has 1 aromatic carbocycles. The number of aryl methyl sites for hydroxylation is 3. The molecule has 0 saturated heterocycles. The molecular formula is C16H19NO2. The number of hydrogen-bond donors (Lipinski definition) is 1. The van der Waals surface area contributed by atoms with Crippen molar-refractivity contribution in [3.63, 3.8) is 0 Å². The lowest BCUT2D eigenvalue weighted by molar-refractivity contribution is 0.433. The summed E-state index contributed by atoms with van der Waals surface area (Å²) in [5.41, 5.74) is 4.30. The molecular weight excluding hydrogens is 238 g/mol. The van der Waals surface area contributed by atoms with Gasteiger partial charge in [-0.2, -0.15) is 0 Å². The van der Waals surface area contributed by atoms with E-state index in [0.29, 0.717) is 6.42 Å². The SMILES string of the molecule is CCc1c(C)cc(O)n(-c2ccc(C)cc2C)c1=O. The van der Waals surface area contributed by atoms with E-state index in [1.165, 1.54) is 4.57 Å². The van der Waals surface area contributed by atoms with Crippen LogP contribution in [0.25, 0.3) is 5.69 Å². The van der Waals surface area contributed by atoms with E-state index in [4.69, 9.17) is 0 Å². The highest BCUT2D eigenvalue weighted by Gasteiger charge is 2.13. The second kappa shape index (κ2) is 4.92. The summed E-state index contributed by atoms with van der Waals surface area (Å²) >= 11 is 0. The van der Waals surface area contributed by atoms with Crippen LogP contribution in [0.5, 0.6) is 5.88 Å². The third-order valence-corrected chi connectivity index (χ3v) is 3.46. The molecule has 2 rings (SSSR count). The van der Waals surface area contributed by atoms with Crippen LogP contribution in [0.4, 0.5) is 0 Å². The fourth-order valence-corrected chi connectivity index (χ4v) is 2.47. The van der Waals surface area contributed by atoms with Gasteiger partial charge in [-0.15, -0.1) is 0 Å². The quantitative estimate of drug-likeness (QED) is 0.898. The Bertz CT molecular complexity index is 684. The third-order valence-electron chi connectivity index (χ3n) is 3.46. The van der Waals surface area contributed by atoms with E-state index in [9.17, 15) is 9.90 Å². The molecule has 0 bridgehead atoms. The van der Waals surface area contributed by atoms with Crippen molar-refractivity contribution in [1.29, 1.82) is 0 Å². The summed E-state index contributed by atoms with van der Waals surface area (Å²) in [7, 11) is 0. The first kappa shape index (κ1) is 13.4. The highest BCUT2D eigenvalue weighted by atomic mass is 16.3. The maximum Gasteiger partial charge on any atom is 0.261 e. The van der Waals surface area contributed by atoms with Crippen molar-refractivity contribution >= 4 is 0 Å². The first-order valence-electron chi connectivity index (χ1n) is 6.47. The molecule has 0 unspecified atom stereocenters. The summed E-state index contributed by atoms with van der Waals surface area (Å²) in [6.45, 7) is 7.76. The number of benzene rings is 1. The number of nitrogens with zero attached hydrogens (tertiary/aromatic N) is 1. The number of aromatic nitrogens is 1. The van der Waals surface area contributed by atoms with Crippen molar-refractivity contribution in [3.05, 3.63) is 56.9 Å². The average Bonchev–Trinajstić information content (AvgIpc) is 2.31. The van der Waals surface area contributed by atoms with Gasteiger partial charge in [0, 0.05) is 11.6 Å². The molecule has 0 amide bonds. The fourth-order valence-electron chi connectivity index (χ4n) is 2.47. The zero-order chi connectivity index (χ0) is 14.2. The zero-order valence-electron chi connectivity index (χ0n) is 11.8. The number of aromatic hydroxyl groups is 1. The Hall–Kier alpha value is -2.03. The monoisotopic (exact) mass is 257 g/mol. The van der Waals surface area contributed by atoms with Gasteiger partial charge in [0.2, 0.25) is 0 Å². The third kappa shape index (κ3) is 2.28. The molecule has 0 aliphatic rings. The van der Waals surface area contributed by atoms with Gasteiger partial charge in [-0.05, 0) is 44.4 Å². The van der Waals surface area contributed by atoms with Crippen molar-refractivity contribution in [3.8, 4) is 11.6 Å². The minimum Gasteiger partial charge on any atom is -0.494 e. The fraction of sp³-hybridized carbons (Fsp3) is 0.312. The smallest absolute Gasteiger partial charge is 0.261 e. The Labute approximate surface area is 113 Å². The number of pyridine rings is 1. The predicted octanol–water partition coefficient (Wildman–Crippen LogP) is 3.03. The molecule has 19 heavy (non-hydrogen) atoms. The van der Waals surface area contributed by atoms with Crippen molar-refractivity contribution < 1.29 is 5.11 Å². The normalized spacial score (nSPS) is 10.7. The Kier molecular flexibility index (Phi) is 3.47. The first-order chi connectivity index (χ1) is 8.95. The molecule has 100 valence electrons. The molecule has 0 radical (unpaired) electrons. The van der Waals surface area contributed by atoms with E-state index in [2.05, 4.69) is 0 Å². The van der Waals surface area contributed by atoms with E-state index in [1.54, 1.807) is 6.07 Å². The summed E-state index contributed by atoms with van der Waals surface area (Å²) in [5.74, 6) is -0.00773. The summed E-state index contributed by atoms with van der Waals surface area (Å²) < 4.78 is 1.39. The lowest BCUT2D eigenvalue weighted by Crippen LogP contribution is -2.23. The lowest BCUT2D eigenvalue weighted by atomic mass is 10.1. The Balaban J connectivity index is 2.79. The highest BCUT2D eigenvalue weighted by Crippen LogP contribution is 2.21. The molecule has 2 aromatic rings. The zero-order valence-corrected chi connectivity index (χ0v) is 11.8. The molecule has 1 N–H and O–H groups in total. The van der Waals surface area contributed by atoms with Crippen molar-refractivity contribution in [1.82, 2.24) is 4.57 Å². The van der Waals surface area contributed by atoms with Crippen molar-refractivity contribution in [2.45, 2.75) is 34.1 Å². The Morgan fingerprint density at radius 1 is 1.11 bits per heavy atom.